The second kappa shape index (κ2) is 2.69. The van der Waals surface area contributed by atoms with Crippen LogP contribution >= 0.6 is 23.2 Å². The molecule has 0 spiro atoms. The van der Waals surface area contributed by atoms with E-state index in [1.807, 2.05) is 12.1 Å². The summed E-state index contributed by atoms with van der Waals surface area (Å²) < 4.78 is 0. The van der Waals surface area contributed by atoms with Crippen LogP contribution in [0.4, 0.5) is 0 Å². The highest BCUT2D eigenvalue weighted by Crippen LogP contribution is 2.45. The molecule has 0 aliphatic heterocycles. The van der Waals surface area contributed by atoms with Crippen molar-refractivity contribution in [2.45, 2.75) is 17.7 Å². The van der Waals surface area contributed by atoms with E-state index in [0.717, 1.165) is 11.4 Å². The van der Waals surface area contributed by atoms with Crippen molar-refractivity contribution < 1.29 is 0 Å². The van der Waals surface area contributed by atoms with Crippen molar-refractivity contribution in [3.05, 3.63) is 34.9 Å². The van der Waals surface area contributed by atoms with Crippen molar-refractivity contribution in [1.29, 1.82) is 0 Å². The summed E-state index contributed by atoms with van der Waals surface area (Å²) in [5, 5.41) is 1.15. The molecule has 1 aliphatic rings. The summed E-state index contributed by atoms with van der Waals surface area (Å²) >= 11 is 11.6. The Morgan fingerprint density at radius 3 is 2.18 bits per heavy atom. The number of hydrogen-bond acceptors (Lipinski definition) is 0. The zero-order valence-corrected chi connectivity index (χ0v) is 7.44. The van der Waals surface area contributed by atoms with E-state index in [9.17, 15) is 0 Å². The molecular formula is C9H8Cl2. The van der Waals surface area contributed by atoms with E-state index in [0.29, 0.717) is 11.3 Å². The minimum absolute atomic E-state index is 0.358. The van der Waals surface area contributed by atoms with Crippen LogP contribution in [0.1, 0.15) is 17.9 Å². The maximum atomic E-state index is 5.89. The molecule has 58 valence electrons. The zero-order valence-electron chi connectivity index (χ0n) is 5.93. The first-order valence-corrected chi connectivity index (χ1v) is 4.48. The van der Waals surface area contributed by atoms with Crippen molar-refractivity contribution in [3.8, 4) is 0 Å². The third-order valence-electron chi connectivity index (χ3n) is 2.01. The summed E-state index contributed by atoms with van der Waals surface area (Å²) in [5.41, 5.74) is 1.31. The topological polar surface area (TPSA) is 0 Å². The molecule has 2 heteroatoms. The molecular weight excluding hydrogens is 179 g/mol. The maximum absolute atomic E-state index is 5.89. The minimum Gasteiger partial charge on any atom is -0.122 e. The Kier molecular flexibility index (Phi) is 1.82. The standard InChI is InChI=1S/C9H8Cl2/c10-7-3-1-6(2-4-7)8-5-9(8)11/h1-4,8-9H,5H2/t8?,9-/m0/s1. The zero-order chi connectivity index (χ0) is 7.84. The van der Waals surface area contributed by atoms with Crippen LogP contribution in [0.5, 0.6) is 0 Å². The highest BCUT2D eigenvalue weighted by Gasteiger charge is 2.36. The lowest BCUT2D eigenvalue weighted by Crippen LogP contribution is -1.79. The lowest BCUT2D eigenvalue weighted by Gasteiger charge is -1.96. The van der Waals surface area contributed by atoms with E-state index in [2.05, 4.69) is 12.1 Å². The largest absolute Gasteiger partial charge is 0.122 e. The molecule has 1 aromatic carbocycles. The third kappa shape index (κ3) is 1.52. The van der Waals surface area contributed by atoms with Crippen LogP contribution in [-0.4, -0.2) is 5.38 Å². The van der Waals surface area contributed by atoms with Gasteiger partial charge in [0.2, 0.25) is 0 Å². The average molecular weight is 187 g/mol. The van der Waals surface area contributed by atoms with E-state index < -0.39 is 0 Å². The third-order valence-corrected chi connectivity index (χ3v) is 2.75. The SMILES string of the molecule is Clc1ccc(C2C[C@@H]2Cl)cc1. The fourth-order valence-corrected chi connectivity index (χ4v) is 1.68. The second-order valence-electron chi connectivity index (χ2n) is 2.91. The van der Waals surface area contributed by atoms with Crippen molar-refractivity contribution >= 4 is 23.2 Å². The quantitative estimate of drug-likeness (QED) is 0.590. The molecule has 2 rings (SSSR count). The van der Waals surface area contributed by atoms with Gasteiger partial charge in [-0.05, 0) is 24.1 Å². The van der Waals surface area contributed by atoms with E-state index in [1.165, 1.54) is 5.56 Å². The van der Waals surface area contributed by atoms with Crippen LogP contribution in [0.25, 0.3) is 0 Å². The Morgan fingerprint density at radius 1 is 1.18 bits per heavy atom. The number of benzene rings is 1. The Balaban J connectivity index is 2.21. The molecule has 1 aliphatic carbocycles. The molecule has 1 fully saturated rings. The molecule has 0 saturated heterocycles. The molecule has 0 bridgehead atoms. The fraction of sp³-hybridized carbons (Fsp3) is 0.333. The summed E-state index contributed by atoms with van der Waals surface area (Å²) in [7, 11) is 0. The summed E-state index contributed by atoms with van der Waals surface area (Å²) in [5.74, 6) is 0.578. The number of hydrogen-bond donors (Lipinski definition) is 0. The van der Waals surface area contributed by atoms with E-state index in [-0.39, 0.29) is 0 Å². The van der Waals surface area contributed by atoms with Gasteiger partial charge in [0.1, 0.15) is 0 Å². The molecule has 11 heavy (non-hydrogen) atoms. The van der Waals surface area contributed by atoms with Crippen LogP contribution < -0.4 is 0 Å². The predicted molar refractivity (Wildman–Crippen MR) is 48.5 cm³/mol. The summed E-state index contributed by atoms with van der Waals surface area (Å²) in [6, 6.07) is 7.93. The van der Waals surface area contributed by atoms with Gasteiger partial charge in [0.15, 0.2) is 0 Å². The molecule has 0 heterocycles. The normalized spacial score (nSPS) is 28.5. The van der Waals surface area contributed by atoms with Gasteiger partial charge in [-0.15, -0.1) is 11.6 Å². The Bertz CT molecular complexity index is 253. The molecule has 1 aromatic rings. The first-order chi connectivity index (χ1) is 5.27. The highest BCUT2D eigenvalue weighted by atomic mass is 35.5. The second-order valence-corrected chi connectivity index (χ2v) is 3.91. The summed E-state index contributed by atoms with van der Waals surface area (Å²) in [6.45, 7) is 0. The number of halogens is 2. The average Bonchev–Trinajstić information content (AvgIpc) is 2.69. The van der Waals surface area contributed by atoms with Gasteiger partial charge < -0.3 is 0 Å². The molecule has 0 amide bonds. The Labute approximate surface area is 76.1 Å². The van der Waals surface area contributed by atoms with Crippen LogP contribution in [0.3, 0.4) is 0 Å². The van der Waals surface area contributed by atoms with Gasteiger partial charge in [-0.3, -0.25) is 0 Å². The monoisotopic (exact) mass is 186 g/mol. The van der Waals surface area contributed by atoms with Crippen LogP contribution in [0.2, 0.25) is 5.02 Å². The van der Waals surface area contributed by atoms with E-state index in [1.54, 1.807) is 0 Å². The Morgan fingerprint density at radius 2 is 1.73 bits per heavy atom. The first kappa shape index (κ1) is 7.45. The van der Waals surface area contributed by atoms with Crippen LogP contribution in [-0.2, 0) is 0 Å². The molecule has 2 atom stereocenters. The highest BCUT2D eigenvalue weighted by molar-refractivity contribution is 6.30. The van der Waals surface area contributed by atoms with Crippen molar-refractivity contribution in [1.82, 2.24) is 0 Å². The summed E-state index contributed by atoms with van der Waals surface area (Å²) in [6.07, 6.45) is 1.11. The minimum atomic E-state index is 0.358. The van der Waals surface area contributed by atoms with Crippen molar-refractivity contribution in [3.63, 3.8) is 0 Å². The lowest BCUT2D eigenvalue weighted by atomic mass is 10.1. The van der Waals surface area contributed by atoms with E-state index in [4.69, 9.17) is 23.2 Å². The number of alkyl halides is 1. The molecule has 0 N–H and O–H groups in total. The van der Waals surface area contributed by atoms with Crippen molar-refractivity contribution in [2.24, 2.45) is 0 Å². The molecule has 0 nitrogen and oxygen atoms in total. The molecule has 1 saturated carbocycles. The molecule has 0 radical (unpaired) electrons. The van der Waals surface area contributed by atoms with E-state index >= 15 is 0 Å². The predicted octanol–water partition coefficient (Wildman–Crippen LogP) is 3.43. The van der Waals surface area contributed by atoms with Gasteiger partial charge in [-0.25, -0.2) is 0 Å². The maximum Gasteiger partial charge on any atom is 0.0411 e. The smallest absolute Gasteiger partial charge is 0.0411 e. The van der Waals surface area contributed by atoms with Gasteiger partial charge in [0.05, 0.1) is 0 Å². The Hall–Kier alpha value is -0.200. The van der Waals surface area contributed by atoms with Gasteiger partial charge >= 0.3 is 0 Å². The van der Waals surface area contributed by atoms with Gasteiger partial charge in [0.25, 0.3) is 0 Å². The summed E-state index contributed by atoms with van der Waals surface area (Å²) in [4.78, 5) is 0. The van der Waals surface area contributed by atoms with Crippen LogP contribution in [0.15, 0.2) is 24.3 Å². The number of rotatable bonds is 1. The molecule has 1 unspecified atom stereocenters. The van der Waals surface area contributed by atoms with Gasteiger partial charge in [-0.1, -0.05) is 23.7 Å². The fourth-order valence-electron chi connectivity index (χ4n) is 1.22. The van der Waals surface area contributed by atoms with Gasteiger partial charge in [0, 0.05) is 16.3 Å². The van der Waals surface area contributed by atoms with Crippen LogP contribution in [0, 0.1) is 0 Å². The first-order valence-electron chi connectivity index (χ1n) is 3.67. The van der Waals surface area contributed by atoms with Crippen molar-refractivity contribution in [2.75, 3.05) is 0 Å². The molecule has 0 aromatic heterocycles. The lowest BCUT2D eigenvalue weighted by molar-refractivity contribution is 1.13. The van der Waals surface area contributed by atoms with Gasteiger partial charge in [-0.2, -0.15) is 0 Å².